The van der Waals surface area contributed by atoms with Crippen molar-refractivity contribution >= 4 is 23.4 Å². The van der Waals surface area contributed by atoms with Crippen LogP contribution in [0.5, 0.6) is 5.75 Å². The normalized spacial score (nSPS) is 15.6. The van der Waals surface area contributed by atoms with Gasteiger partial charge in [0.25, 0.3) is 0 Å². The van der Waals surface area contributed by atoms with Crippen LogP contribution in [0.1, 0.15) is 27.3 Å². The molecule has 1 aromatic carbocycles. The lowest BCUT2D eigenvalue weighted by Crippen LogP contribution is -2.31. The molecule has 0 fully saturated rings. The summed E-state index contributed by atoms with van der Waals surface area (Å²) in [6.45, 7) is 5.00. The summed E-state index contributed by atoms with van der Waals surface area (Å²) < 4.78 is 18.0. The van der Waals surface area contributed by atoms with Crippen LogP contribution in [0.2, 0.25) is 5.02 Å². The monoisotopic (exact) mass is 405 g/mol. The fraction of sp³-hybridized carbons (Fsp3) is 0.429. The molecular formula is C21H24ClNO5. The molecule has 0 amide bonds. The number of hydrogen-bond acceptors (Lipinski definition) is 5. The van der Waals surface area contributed by atoms with Crippen molar-refractivity contribution < 1.29 is 23.8 Å². The Labute approximate surface area is 169 Å². The molecule has 0 spiro atoms. The summed E-state index contributed by atoms with van der Waals surface area (Å²) >= 11 is 6.01. The first kappa shape index (κ1) is 20.4. The van der Waals surface area contributed by atoms with Gasteiger partial charge in [-0.3, -0.25) is 9.59 Å². The Balaban J connectivity index is 1.60. The lowest BCUT2D eigenvalue weighted by molar-refractivity contribution is -0.148. The molecule has 0 radical (unpaired) electrons. The maximum atomic E-state index is 12.6. The van der Waals surface area contributed by atoms with Crippen molar-refractivity contribution in [3.8, 4) is 5.75 Å². The number of carbonyl (C=O) groups excluding carboxylic acids is 2. The minimum absolute atomic E-state index is 0.217. The molecule has 0 unspecified atom stereocenters. The van der Waals surface area contributed by atoms with Gasteiger partial charge in [-0.05, 0) is 50.1 Å². The Bertz CT molecular complexity index is 889. The standard InChI is InChI=1S/C21H24ClNO5/c1-13-8-18(14(2)23(13)6-7-26-3)19(24)12-28-21(25)16-9-15-10-17(22)4-5-20(15)27-11-16/h4-5,8,10,16H,6-7,9,11-12H2,1-3H3/t16-/m1/s1. The van der Waals surface area contributed by atoms with E-state index in [1.165, 1.54) is 0 Å². The lowest BCUT2D eigenvalue weighted by Gasteiger charge is -2.24. The number of ketones is 1. The molecule has 7 heteroatoms. The third kappa shape index (κ3) is 4.39. The van der Waals surface area contributed by atoms with E-state index in [0.717, 1.165) is 22.7 Å². The van der Waals surface area contributed by atoms with Crippen LogP contribution in [0.15, 0.2) is 24.3 Å². The fourth-order valence-corrected chi connectivity index (χ4v) is 3.65. The second kappa shape index (κ2) is 8.80. The smallest absolute Gasteiger partial charge is 0.313 e. The molecule has 0 bridgehead atoms. The second-order valence-corrected chi connectivity index (χ2v) is 7.36. The number of benzene rings is 1. The van der Waals surface area contributed by atoms with Crippen LogP contribution < -0.4 is 4.74 Å². The Morgan fingerprint density at radius 2 is 2.07 bits per heavy atom. The van der Waals surface area contributed by atoms with Crippen LogP contribution in [-0.4, -0.2) is 43.3 Å². The minimum Gasteiger partial charge on any atom is -0.492 e. The molecule has 1 aliphatic rings. The van der Waals surface area contributed by atoms with E-state index in [0.29, 0.717) is 30.2 Å². The number of ether oxygens (including phenoxy) is 3. The quantitative estimate of drug-likeness (QED) is 0.522. The number of nitrogens with zero attached hydrogens (tertiary/aromatic N) is 1. The molecule has 150 valence electrons. The third-order valence-electron chi connectivity index (χ3n) is 5.00. The van der Waals surface area contributed by atoms with Gasteiger partial charge in [0.2, 0.25) is 5.78 Å². The summed E-state index contributed by atoms with van der Waals surface area (Å²) in [5.74, 6) is -0.376. The molecule has 0 saturated heterocycles. The van der Waals surface area contributed by atoms with E-state index in [4.69, 9.17) is 25.8 Å². The number of carbonyl (C=O) groups is 2. The summed E-state index contributed by atoms with van der Waals surface area (Å²) in [6, 6.07) is 7.16. The summed E-state index contributed by atoms with van der Waals surface area (Å²) in [7, 11) is 1.64. The molecule has 1 aromatic heterocycles. The zero-order chi connectivity index (χ0) is 20.3. The van der Waals surface area contributed by atoms with Crippen molar-refractivity contribution in [1.82, 2.24) is 4.57 Å². The molecule has 3 rings (SSSR count). The lowest BCUT2D eigenvalue weighted by atomic mass is 9.97. The highest BCUT2D eigenvalue weighted by Crippen LogP contribution is 2.30. The number of aryl methyl sites for hydroxylation is 1. The van der Waals surface area contributed by atoms with Crippen molar-refractivity contribution in [3.05, 3.63) is 51.8 Å². The topological polar surface area (TPSA) is 66.8 Å². The zero-order valence-electron chi connectivity index (χ0n) is 16.3. The molecular weight excluding hydrogens is 382 g/mol. The van der Waals surface area contributed by atoms with Crippen LogP contribution >= 0.6 is 11.6 Å². The Hall–Kier alpha value is -2.31. The first-order valence-corrected chi connectivity index (χ1v) is 9.55. The number of Topliss-reactive ketones (excluding diaryl/α,β-unsaturated/α-hetero) is 1. The number of halogens is 1. The SMILES string of the molecule is COCCn1c(C)cc(C(=O)COC(=O)[C@H]2COc3ccc(Cl)cc3C2)c1C. The highest BCUT2D eigenvalue weighted by molar-refractivity contribution is 6.30. The van der Waals surface area contributed by atoms with Gasteiger partial charge in [0, 0.05) is 35.6 Å². The van der Waals surface area contributed by atoms with Crippen molar-refractivity contribution in [3.63, 3.8) is 0 Å². The molecule has 0 aliphatic carbocycles. The minimum atomic E-state index is -0.451. The predicted molar refractivity (Wildman–Crippen MR) is 105 cm³/mol. The number of methoxy groups -OCH3 is 1. The van der Waals surface area contributed by atoms with Gasteiger partial charge >= 0.3 is 5.97 Å². The van der Waals surface area contributed by atoms with Crippen LogP contribution in [0.25, 0.3) is 0 Å². The predicted octanol–water partition coefficient (Wildman–Crippen LogP) is 3.38. The van der Waals surface area contributed by atoms with Crippen molar-refractivity contribution in [2.75, 3.05) is 26.9 Å². The molecule has 1 atom stereocenters. The first-order chi connectivity index (χ1) is 13.4. The summed E-state index contributed by atoms with van der Waals surface area (Å²) in [6.07, 6.45) is 0.481. The average molecular weight is 406 g/mol. The van der Waals surface area contributed by atoms with Gasteiger partial charge in [0.15, 0.2) is 6.61 Å². The largest absolute Gasteiger partial charge is 0.492 e. The van der Waals surface area contributed by atoms with E-state index in [9.17, 15) is 9.59 Å². The molecule has 2 aromatic rings. The van der Waals surface area contributed by atoms with Gasteiger partial charge in [-0.25, -0.2) is 0 Å². The maximum Gasteiger partial charge on any atom is 0.313 e. The van der Waals surface area contributed by atoms with E-state index < -0.39 is 11.9 Å². The van der Waals surface area contributed by atoms with Gasteiger partial charge in [-0.1, -0.05) is 11.6 Å². The molecule has 0 saturated carbocycles. The maximum absolute atomic E-state index is 12.6. The highest BCUT2D eigenvalue weighted by atomic mass is 35.5. The van der Waals surface area contributed by atoms with Gasteiger partial charge in [0.1, 0.15) is 12.4 Å². The second-order valence-electron chi connectivity index (χ2n) is 6.92. The van der Waals surface area contributed by atoms with E-state index in [2.05, 4.69) is 0 Å². The molecule has 1 aliphatic heterocycles. The van der Waals surface area contributed by atoms with E-state index in [1.807, 2.05) is 24.5 Å². The fourth-order valence-electron chi connectivity index (χ4n) is 3.46. The summed E-state index contributed by atoms with van der Waals surface area (Å²) in [4.78, 5) is 25.0. The number of rotatable bonds is 7. The zero-order valence-corrected chi connectivity index (χ0v) is 17.0. The van der Waals surface area contributed by atoms with Crippen LogP contribution in [-0.2, 0) is 27.2 Å². The number of fused-ring (bicyclic) bond motifs is 1. The van der Waals surface area contributed by atoms with Gasteiger partial charge < -0.3 is 18.8 Å². The van der Waals surface area contributed by atoms with Gasteiger partial charge in [-0.15, -0.1) is 0 Å². The summed E-state index contributed by atoms with van der Waals surface area (Å²) in [5, 5.41) is 0.593. The van der Waals surface area contributed by atoms with Gasteiger partial charge in [-0.2, -0.15) is 0 Å². The number of esters is 1. The number of hydrogen-bond donors (Lipinski definition) is 0. The Kier molecular flexibility index (Phi) is 6.42. The molecule has 28 heavy (non-hydrogen) atoms. The first-order valence-electron chi connectivity index (χ1n) is 9.17. The van der Waals surface area contributed by atoms with Crippen LogP contribution in [0.3, 0.4) is 0 Å². The Morgan fingerprint density at radius 1 is 1.29 bits per heavy atom. The van der Waals surface area contributed by atoms with Crippen molar-refractivity contribution in [2.45, 2.75) is 26.8 Å². The van der Waals surface area contributed by atoms with E-state index in [-0.39, 0.29) is 19.0 Å². The number of aromatic nitrogens is 1. The molecule has 6 nitrogen and oxygen atoms in total. The van der Waals surface area contributed by atoms with Crippen molar-refractivity contribution in [1.29, 1.82) is 0 Å². The van der Waals surface area contributed by atoms with E-state index in [1.54, 1.807) is 25.3 Å². The third-order valence-corrected chi connectivity index (χ3v) is 5.24. The Morgan fingerprint density at radius 3 is 2.82 bits per heavy atom. The highest BCUT2D eigenvalue weighted by Gasteiger charge is 2.28. The van der Waals surface area contributed by atoms with Crippen LogP contribution in [0.4, 0.5) is 0 Å². The molecule has 2 heterocycles. The van der Waals surface area contributed by atoms with Gasteiger partial charge in [0.05, 0.1) is 12.5 Å². The average Bonchev–Trinajstić information content (AvgIpc) is 2.97. The van der Waals surface area contributed by atoms with Crippen LogP contribution in [0, 0.1) is 19.8 Å². The van der Waals surface area contributed by atoms with Crippen molar-refractivity contribution in [2.24, 2.45) is 5.92 Å². The summed E-state index contributed by atoms with van der Waals surface area (Å²) in [5.41, 5.74) is 3.26. The molecule has 0 N–H and O–H groups in total. The van der Waals surface area contributed by atoms with E-state index >= 15 is 0 Å².